The van der Waals surface area contributed by atoms with E-state index >= 15 is 0 Å². The fourth-order valence-electron chi connectivity index (χ4n) is 2.42. The quantitative estimate of drug-likeness (QED) is 0.548. The molecule has 108 valence electrons. The van der Waals surface area contributed by atoms with E-state index in [-0.39, 0.29) is 11.5 Å². The number of rotatable bonds is 3. The average Bonchev–Trinajstić information content (AvgIpc) is 3.10. The standard InChI is InChI=1S/C12H20N2O4S/c1-5(15)10-9(17)8(16)7-11(18-10)19-12(14-7)13-4-6-2-3-6/h5-11,15-17H,2-4H2,1H3,(H,13,14)/t5-,7-,8-,9+,10-,11-/m1/s1. The fraction of sp³-hybridized carbons (Fsp3) is 0.917. The fourth-order valence-corrected chi connectivity index (χ4v) is 3.56. The van der Waals surface area contributed by atoms with Crippen molar-refractivity contribution in [3.8, 4) is 0 Å². The second-order valence-electron chi connectivity index (χ2n) is 5.57. The number of fused-ring (bicyclic) bond motifs is 1. The molecule has 1 aliphatic carbocycles. The van der Waals surface area contributed by atoms with E-state index in [4.69, 9.17) is 4.74 Å². The average molecular weight is 288 g/mol. The molecule has 3 aliphatic rings. The molecule has 0 unspecified atom stereocenters. The number of hydrogen-bond acceptors (Lipinski definition) is 6. The van der Waals surface area contributed by atoms with E-state index in [1.54, 1.807) is 6.92 Å². The molecule has 0 aromatic heterocycles. The Bertz CT molecular complexity index is 375. The lowest BCUT2D eigenvalue weighted by molar-refractivity contribution is -0.184. The summed E-state index contributed by atoms with van der Waals surface area (Å²) in [6.45, 7) is 2.36. The number of aliphatic hydroxyl groups excluding tert-OH is 3. The maximum absolute atomic E-state index is 10.1. The van der Waals surface area contributed by atoms with Gasteiger partial charge in [0.15, 0.2) is 5.17 Å². The first-order chi connectivity index (χ1) is 9.06. The van der Waals surface area contributed by atoms with Crippen LogP contribution < -0.4 is 5.32 Å². The van der Waals surface area contributed by atoms with Gasteiger partial charge in [0, 0.05) is 6.54 Å². The van der Waals surface area contributed by atoms with E-state index in [0.29, 0.717) is 5.92 Å². The van der Waals surface area contributed by atoms with Crippen LogP contribution in [-0.4, -0.2) is 62.9 Å². The number of nitrogens with zero attached hydrogens (tertiary/aromatic N) is 1. The van der Waals surface area contributed by atoms with Crippen LogP contribution >= 0.6 is 11.8 Å². The van der Waals surface area contributed by atoms with Gasteiger partial charge in [-0.1, -0.05) is 11.8 Å². The topological polar surface area (TPSA) is 94.3 Å². The third-order valence-electron chi connectivity index (χ3n) is 3.82. The van der Waals surface area contributed by atoms with Gasteiger partial charge in [0.1, 0.15) is 23.7 Å². The van der Waals surface area contributed by atoms with Gasteiger partial charge in [-0.2, -0.15) is 0 Å². The maximum Gasteiger partial charge on any atom is 0.159 e. The molecule has 0 spiro atoms. The van der Waals surface area contributed by atoms with Gasteiger partial charge < -0.3 is 25.4 Å². The van der Waals surface area contributed by atoms with Gasteiger partial charge in [-0.3, -0.25) is 4.99 Å². The van der Waals surface area contributed by atoms with Gasteiger partial charge in [0.05, 0.1) is 12.1 Å². The zero-order valence-electron chi connectivity index (χ0n) is 10.8. The number of nitrogens with one attached hydrogen (secondary N) is 1. The van der Waals surface area contributed by atoms with Crippen LogP contribution in [-0.2, 0) is 4.74 Å². The summed E-state index contributed by atoms with van der Waals surface area (Å²) in [6.07, 6.45) is -1.13. The number of thioether (sulfide) groups is 1. The van der Waals surface area contributed by atoms with E-state index in [0.717, 1.165) is 11.7 Å². The molecule has 2 saturated heterocycles. The van der Waals surface area contributed by atoms with Crippen molar-refractivity contribution in [1.29, 1.82) is 0 Å². The smallest absolute Gasteiger partial charge is 0.159 e. The molecule has 0 aromatic carbocycles. The Morgan fingerprint density at radius 1 is 1.42 bits per heavy atom. The summed E-state index contributed by atoms with van der Waals surface area (Å²) in [5, 5.41) is 33.5. The molecule has 3 rings (SSSR count). The largest absolute Gasteiger partial charge is 0.391 e. The van der Waals surface area contributed by atoms with Crippen LogP contribution in [0.2, 0.25) is 0 Å². The molecule has 6 nitrogen and oxygen atoms in total. The Labute approximate surface area is 116 Å². The van der Waals surface area contributed by atoms with Crippen molar-refractivity contribution in [2.75, 3.05) is 6.54 Å². The highest BCUT2D eigenvalue weighted by molar-refractivity contribution is 8.14. The maximum atomic E-state index is 10.1. The first kappa shape index (κ1) is 13.6. The van der Waals surface area contributed by atoms with Crippen molar-refractivity contribution in [1.82, 2.24) is 5.32 Å². The second-order valence-corrected chi connectivity index (χ2v) is 6.66. The molecule has 0 bridgehead atoms. The van der Waals surface area contributed by atoms with Crippen molar-refractivity contribution >= 4 is 16.9 Å². The lowest BCUT2D eigenvalue weighted by Gasteiger charge is -2.40. The molecule has 2 heterocycles. The summed E-state index contributed by atoms with van der Waals surface area (Å²) in [5.41, 5.74) is -0.309. The van der Waals surface area contributed by atoms with Crippen LogP contribution in [0.25, 0.3) is 0 Å². The van der Waals surface area contributed by atoms with Crippen LogP contribution in [0, 0.1) is 5.92 Å². The zero-order chi connectivity index (χ0) is 13.6. The molecule has 2 aliphatic heterocycles. The Kier molecular flexibility index (Phi) is 3.74. The first-order valence-electron chi connectivity index (χ1n) is 6.73. The van der Waals surface area contributed by atoms with Gasteiger partial charge in [0.2, 0.25) is 0 Å². The molecule has 1 saturated carbocycles. The molecule has 6 atom stereocenters. The predicted molar refractivity (Wildman–Crippen MR) is 71.9 cm³/mol. The van der Waals surface area contributed by atoms with Gasteiger partial charge in [0.25, 0.3) is 0 Å². The van der Waals surface area contributed by atoms with Crippen LogP contribution in [0.4, 0.5) is 0 Å². The highest BCUT2D eigenvalue weighted by atomic mass is 32.2. The number of hydrogen-bond donors (Lipinski definition) is 4. The van der Waals surface area contributed by atoms with E-state index in [1.165, 1.54) is 24.6 Å². The third kappa shape index (κ3) is 2.75. The van der Waals surface area contributed by atoms with Crippen molar-refractivity contribution < 1.29 is 20.1 Å². The van der Waals surface area contributed by atoms with Crippen LogP contribution in [0.1, 0.15) is 19.8 Å². The Hall–Kier alpha value is -0.340. The minimum atomic E-state index is -1.09. The molecule has 4 N–H and O–H groups in total. The van der Waals surface area contributed by atoms with Gasteiger partial charge >= 0.3 is 0 Å². The van der Waals surface area contributed by atoms with Gasteiger partial charge in [-0.05, 0) is 25.7 Å². The Morgan fingerprint density at radius 2 is 2.16 bits per heavy atom. The van der Waals surface area contributed by atoms with E-state index in [2.05, 4.69) is 10.3 Å². The van der Waals surface area contributed by atoms with Crippen LogP contribution in [0.3, 0.4) is 0 Å². The van der Waals surface area contributed by atoms with Crippen molar-refractivity contribution in [2.45, 2.75) is 55.7 Å². The summed E-state index contributed by atoms with van der Waals surface area (Å²) in [5.74, 6) is 0.708. The second kappa shape index (κ2) is 5.21. The molecule has 3 fully saturated rings. The molecule has 0 amide bonds. The third-order valence-corrected chi connectivity index (χ3v) is 4.93. The highest BCUT2D eigenvalue weighted by Crippen LogP contribution is 2.35. The van der Waals surface area contributed by atoms with E-state index in [1.807, 2.05) is 0 Å². The minimum absolute atomic E-state index is 0.309. The first-order valence-corrected chi connectivity index (χ1v) is 7.61. The van der Waals surface area contributed by atoms with Crippen molar-refractivity contribution in [3.05, 3.63) is 0 Å². The summed E-state index contributed by atoms with van der Waals surface area (Å²) in [4.78, 5) is 4.47. The van der Waals surface area contributed by atoms with E-state index < -0.39 is 24.4 Å². The summed E-state index contributed by atoms with van der Waals surface area (Å²) >= 11 is 1.43. The number of amidine groups is 1. The van der Waals surface area contributed by atoms with Crippen molar-refractivity contribution in [3.63, 3.8) is 0 Å². The molecular formula is C12H20N2O4S. The number of aliphatic imine (C=N–C) groups is 1. The summed E-state index contributed by atoms with van der Waals surface area (Å²) < 4.78 is 5.67. The summed E-state index contributed by atoms with van der Waals surface area (Å²) in [6, 6.07) is -0.368. The predicted octanol–water partition coefficient (Wildman–Crippen LogP) is -0.715. The minimum Gasteiger partial charge on any atom is -0.391 e. The van der Waals surface area contributed by atoms with Crippen LogP contribution in [0.5, 0.6) is 0 Å². The van der Waals surface area contributed by atoms with Crippen LogP contribution in [0.15, 0.2) is 4.99 Å². The normalized spacial score (nSPS) is 45.9. The Balaban J connectivity index is 1.67. The Morgan fingerprint density at radius 3 is 2.79 bits per heavy atom. The lowest BCUT2D eigenvalue weighted by Crippen LogP contribution is -2.61. The van der Waals surface area contributed by atoms with Gasteiger partial charge in [-0.25, -0.2) is 0 Å². The molecule has 0 radical (unpaired) electrons. The summed E-state index contributed by atoms with van der Waals surface area (Å²) in [7, 11) is 0. The molecular weight excluding hydrogens is 268 g/mol. The molecule has 0 aromatic rings. The lowest BCUT2D eigenvalue weighted by atomic mass is 9.95. The molecule has 19 heavy (non-hydrogen) atoms. The number of aliphatic hydroxyl groups is 3. The van der Waals surface area contributed by atoms with Gasteiger partial charge in [-0.15, -0.1) is 0 Å². The van der Waals surface area contributed by atoms with Crippen molar-refractivity contribution in [2.24, 2.45) is 10.9 Å². The monoisotopic (exact) mass is 288 g/mol. The SMILES string of the molecule is C[C@@H](O)[C@H]1O[C@@H]2SC(=NCC3CC3)N[C@@H]2[C@@H](O)[C@@H]1O. The molecule has 7 heteroatoms. The number of ether oxygens (including phenoxy) is 1. The highest BCUT2D eigenvalue weighted by Gasteiger charge is 2.50. The zero-order valence-corrected chi connectivity index (χ0v) is 11.6. The van der Waals surface area contributed by atoms with E-state index in [9.17, 15) is 15.3 Å².